The lowest BCUT2D eigenvalue weighted by molar-refractivity contribution is 0.551. The van der Waals surface area contributed by atoms with Crippen LogP contribution in [0.4, 0.5) is 11.5 Å². The summed E-state index contributed by atoms with van der Waals surface area (Å²) in [7, 11) is 0. The number of aromatic nitrogens is 4. The van der Waals surface area contributed by atoms with E-state index in [4.69, 9.17) is 16.0 Å². The summed E-state index contributed by atoms with van der Waals surface area (Å²) in [5.41, 5.74) is 2.66. The van der Waals surface area contributed by atoms with Gasteiger partial charge in [0.05, 0.1) is 0 Å². The third kappa shape index (κ3) is 2.79. The number of aryl methyl sites for hydroxylation is 1. The fraction of sp³-hybridized carbons (Fsp3) is 0.0588. The molecule has 1 N–H and O–H groups in total. The summed E-state index contributed by atoms with van der Waals surface area (Å²) in [5, 5.41) is 3.86. The van der Waals surface area contributed by atoms with Crippen LogP contribution < -0.4 is 5.32 Å². The van der Waals surface area contributed by atoms with E-state index in [1.54, 1.807) is 25.4 Å². The highest BCUT2D eigenvalue weighted by Gasteiger charge is 2.15. The van der Waals surface area contributed by atoms with Crippen molar-refractivity contribution in [3.63, 3.8) is 0 Å². The van der Waals surface area contributed by atoms with E-state index in [2.05, 4.69) is 25.3 Å². The van der Waals surface area contributed by atoms with Crippen LogP contribution in [0.25, 0.3) is 22.6 Å². The van der Waals surface area contributed by atoms with Crippen LogP contribution in [0.3, 0.4) is 0 Å². The van der Waals surface area contributed by atoms with Crippen LogP contribution in [0.1, 0.15) is 5.89 Å². The van der Waals surface area contributed by atoms with E-state index in [0.29, 0.717) is 33.8 Å². The van der Waals surface area contributed by atoms with Gasteiger partial charge >= 0.3 is 0 Å². The molecule has 0 unspecified atom stereocenters. The number of halogens is 1. The molecule has 3 heterocycles. The Morgan fingerprint density at radius 2 is 1.88 bits per heavy atom. The third-order valence-electron chi connectivity index (χ3n) is 3.39. The molecule has 0 amide bonds. The second-order valence-corrected chi connectivity index (χ2v) is 5.59. The molecule has 0 fully saturated rings. The number of pyridine rings is 1. The zero-order valence-corrected chi connectivity index (χ0v) is 13.4. The minimum atomic E-state index is 0.425. The smallest absolute Gasteiger partial charge is 0.252 e. The fourth-order valence-corrected chi connectivity index (χ4v) is 2.53. The quantitative estimate of drug-likeness (QED) is 0.597. The summed E-state index contributed by atoms with van der Waals surface area (Å²) < 4.78 is 5.59. The van der Waals surface area contributed by atoms with E-state index in [9.17, 15) is 0 Å². The van der Waals surface area contributed by atoms with Gasteiger partial charge in [-0.1, -0.05) is 23.7 Å². The van der Waals surface area contributed by atoms with Crippen molar-refractivity contribution >= 4 is 34.3 Å². The van der Waals surface area contributed by atoms with Crippen molar-refractivity contribution in [1.82, 2.24) is 19.9 Å². The molecule has 118 valence electrons. The Kier molecular flexibility index (Phi) is 3.59. The number of hydrogen-bond acceptors (Lipinski definition) is 6. The minimum Gasteiger partial charge on any atom is -0.422 e. The number of anilines is 2. The fourth-order valence-electron chi connectivity index (χ4n) is 2.34. The second kappa shape index (κ2) is 5.90. The van der Waals surface area contributed by atoms with Gasteiger partial charge in [0.25, 0.3) is 5.71 Å². The Bertz CT molecular complexity index is 1020. The molecule has 24 heavy (non-hydrogen) atoms. The van der Waals surface area contributed by atoms with E-state index in [1.807, 2.05) is 30.3 Å². The first-order chi connectivity index (χ1) is 11.7. The normalized spacial score (nSPS) is 10.9. The first kappa shape index (κ1) is 14.6. The van der Waals surface area contributed by atoms with Gasteiger partial charge in [0.15, 0.2) is 23.0 Å². The number of nitrogens with one attached hydrogen (secondary N) is 1. The van der Waals surface area contributed by atoms with Gasteiger partial charge in [-0.25, -0.2) is 9.97 Å². The first-order valence-electron chi connectivity index (χ1n) is 7.27. The molecule has 7 heteroatoms. The molecule has 0 bridgehead atoms. The highest BCUT2D eigenvalue weighted by Crippen LogP contribution is 2.28. The Hall–Kier alpha value is -2.99. The van der Waals surface area contributed by atoms with Gasteiger partial charge in [-0.3, -0.25) is 4.98 Å². The zero-order valence-electron chi connectivity index (χ0n) is 12.7. The highest BCUT2D eigenvalue weighted by molar-refractivity contribution is 6.30. The van der Waals surface area contributed by atoms with Gasteiger partial charge in [0.1, 0.15) is 0 Å². The molecule has 1 aromatic carbocycles. The molecule has 0 radical (unpaired) electrons. The van der Waals surface area contributed by atoms with Gasteiger partial charge in [0.2, 0.25) is 0 Å². The monoisotopic (exact) mass is 337 g/mol. The molecule has 0 aliphatic heterocycles. The predicted molar refractivity (Wildman–Crippen MR) is 92.3 cm³/mol. The number of oxazole rings is 1. The van der Waals surface area contributed by atoms with Crippen molar-refractivity contribution in [3.8, 4) is 11.4 Å². The Morgan fingerprint density at radius 3 is 2.67 bits per heavy atom. The Labute approximate surface area is 142 Å². The van der Waals surface area contributed by atoms with Gasteiger partial charge in [-0.15, -0.1) is 0 Å². The maximum atomic E-state index is 6.07. The van der Waals surface area contributed by atoms with Crippen LogP contribution in [-0.4, -0.2) is 19.9 Å². The predicted octanol–water partition coefficient (Wildman–Crippen LogP) is 4.39. The van der Waals surface area contributed by atoms with E-state index in [-0.39, 0.29) is 0 Å². The van der Waals surface area contributed by atoms with Crippen molar-refractivity contribution in [2.75, 3.05) is 5.32 Å². The number of fused-ring (bicyclic) bond motifs is 1. The maximum absolute atomic E-state index is 6.07. The van der Waals surface area contributed by atoms with Gasteiger partial charge in [0, 0.05) is 35.6 Å². The summed E-state index contributed by atoms with van der Waals surface area (Å²) in [4.78, 5) is 17.4. The minimum absolute atomic E-state index is 0.425. The molecule has 0 spiro atoms. The zero-order chi connectivity index (χ0) is 16.5. The van der Waals surface area contributed by atoms with Crippen molar-refractivity contribution in [2.24, 2.45) is 0 Å². The van der Waals surface area contributed by atoms with E-state index in [0.717, 1.165) is 11.3 Å². The van der Waals surface area contributed by atoms with Crippen LogP contribution in [0.2, 0.25) is 5.02 Å². The van der Waals surface area contributed by atoms with Crippen LogP contribution in [-0.2, 0) is 0 Å². The maximum Gasteiger partial charge on any atom is 0.252 e. The average molecular weight is 338 g/mol. The van der Waals surface area contributed by atoms with E-state index in [1.165, 1.54) is 0 Å². The lowest BCUT2D eigenvalue weighted by Gasteiger charge is -2.07. The number of hydrogen-bond donors (Lipinski definition) is 1. The topological polar surface area (TPSA) is 76.7 Å². The molecule has 0 atom stereocenters. The second-order valence-electron chi connectivity index (χ2n) is 5.15. The molecule has 0 saturated carbocycles. The standard InChI is InChI=1S/C17H12ClN5O/c1-10-20-14-16(21-13-5-7-19-8-6-13)22-15(23-17(14)24-10)11-3-2-4-12(18)9-11/h2-9H,1H3,(H,19,21,22,23). The summed E-state index contributed by atoms with van der Waals surface area (Å²) in [5.74, 6) is 1.61. The summed E-state index contributed by atoms with van der Waals surface area (Å²) >= 11 is 6.07. The lowest BCUT2D eigenvalue weighted by atomic mass is 10.2. The van der Waals surface area contributed by atoms with Crippen LogP contribution in [0.5, 0.6) is 0 Å². The molecule has 0 aliphatic rings. The van der Waals surface area contributed by atoms with Crippen LogP contribution in [0, 0.1) is 6.92 Å². The van der Waals surface area contributed by atoms with Crippen molar-refractivity contribution in [1.29, 1.82) is 0 Å². The van der Waals surface area contributed by atoms with Gasteiger partial charge in [-0.2, -0.15) is 4.98 Å². The molecular weight excluding hydrogens is 326 g/mol. The number of rotatable bonds is 3. The third-order valence-corrected chi connectivity index (χ3v) is 3.63. The van der Waals surface area contributed by atoms with Gasteiger partial charge < -0.3 is 9.73 Å². The molecule has 4 aromatic rings. The number of benzene rings is 1. The SMILES string of the molecule is Cc1nc2c(Nc3ccncc3)nc(-c3cccc(Cl)c3)nc2o1. The summed E-state index contributed by atoms with van der Waals surface area (Å²) in [6.45, 7) is 1.77. The first-order valence-corrected chi connectivity index (χ1v) is 7.65. The van der Waals surface area contributed by atoms with Crippen molar-refractivity contribution in [3.05, 3.63) is 59.7 Å². The van der Waals surface area contributed by atoms with E-state index >= 15 is 0 Å². The average Bonchev–Trinajstić information content (AvgIpc) is 2.96. The molecule has 0 aliphatic carbocycles. The molecule has 4 rings (SSSR count). The van der Waals surface area contributed by atoms with Gasteiger partial charge in [-0.05, 0) is 24.3 Å². The Balaban J connectivity index is 1.87. The van der Waals surface area contributed by atoms with E-state index < -0.39 is 0 Å². The molecular formula is C17H12ClN5O. The highest BCUT2D eigenvalue weighted by atomic mass is 35.5. The number of nitrogens with zero attached hydrogens (tertiary/aromatic N) is 4. The van der Waals surface area contributed by atoms with Crippen LogP contribution in [0.15, 0.2) is 53.2 Å². The van der Waals surface area contributed by atoms with Crippen molar-refractivity contribution < 1.29 is 4.42 Å². The van der Waals surface area contributed by atoms with Crippen molar-refractivity contribution in [2.45, 2.75) is 6.92 Å². The van der Waals surface area contributed by atoms with Crippen LogP contribution >= 0.6 is 11.6 Å². The summed E-state index contributed by atoms with van der Waals surface area (Å²) in [6, 6.07) is 11.1. The Morgan fingerprint density at radius 1 is 1.04 bits per heavy atom. The molecule has 6 nitrogen and oxygen atoms in total. The summed E-state index contributed by atoms with van der Waals surface area (Å²) in [6.07, 6.45) is 3.40. The largest absolute Gasteiger partial charge is 0.422 e. The molecule has 3 aromatic heterocycles. The lowest BCUT2D eigenvalue weighted by Crippen LogP contribution is -1.99. The molecule has 0 saturated heterocycles.